The maximum Gasteiger partial charge on any atom is 0.251 e. The molecule has 0 atom stereocenters. The van der Waals surface area contributed by atoms with Gasteiger partial charge in [-0.2, -0.15) is 15.0 Å². The molecule has 2 aromatic rings. The number of aromatic nitrogens is 4. The second-order valence-corrected chi connectivity index (χ2v) is 6.57. The molecule has 1 amide bonds. The monoisotopic (exact) mass is 382 g/mol. The van der Waals surface area contributed by atoms with E-state index >= 15 is 0 Å². The number of amides is 1. The number of pyridine rings is 1. The molecule has 9 heteroatoms. The summed E-state index contributed by atoms with van der Waals surface area (Å²) in [5.41, 5.74) is 0.503. The van der Waals surface area contributed by atoms with E-state index in [1.165, 1.54) is 0 Å². The van der Waals surface area contributed by atoms with Crippen LogP contribution in [0.2, 0.25) is 0 Å². The SMILES string of the molecule is C=CCNC(=O)c1ccnc(Nc2nc(CC)nc(N3CCN(C)CC3)n2)c1. The molecule has 0 saturated carbocycles. The van der Waals surface area contributed by atoms with Crippen LogP contribution in [0.3, 0.4) is 0 Å². The van der Waals surface area contributed by atoms with Gasteiger partial charge in [0.05, 0.1) is 0 Å². The van der Waals surface area contributed by atoms with Gasteiger partial charge in [0.15, 0.2) is 0 Å². The Balaban J connectivity index is 1.79. The summed E-state index contributed by atoms with van der Waals surface area (Å²) < 4.78 is 0. The molecule has 1 aliphatic heterocycles. The summed E-state index contributed by atoms with van der Waals surface area (Å²) in [6, 6.07) is 3.33. The lowest BCUT2D eigenvalue weighted by Crippen LogP contribution is -2.45. The number of hydrogen-bond acceptors (Lipinski definition) is 8. The first-order valence-corrected chi connectivity index (χ1v) is 9.39. The summed E-state index contributed by atoms with van der Waals surface area (Å²) in [6.45, 7) is 9.71. The van der Waals surface area contributed by atoms with Gasteiger partial charge in [-0.3, -0.25) is 4.79 Å². The molecule has 1 saturated heterocycles. The van der Waals surface area contributed by atoms with Crippen LogP contribution in [0, 0.1) is 0 Å². The summed E-state index contributed by atoms with van der Waals surface area (Å²) in [6.07, 6.45) is 3.92. The molecule has 0 radical (unpaired) electrons. The van der Waals surface area contributed by atoms with Crippen molar-refractivity contribution < 1.29 is 4.79 Å². The minimum absolute atomic E-state index is 0.187. The van der Waals surface area contributed by atoms with Gasteiger partial charge in [-0.05, 0) is 19.2 Å². The van der Waals surface area contributed by atoms with Crippen molar-refractivity contribution in [1.29, 1.82) is 0 Å². The highest BCUT2D eigenvalue weighted by Gasteiger charge is 2.18. The Labute approximate surface area is 164 Å². The van der Waals surface area contributed by atoms with Crippen molar-refractivity contribution in [2.45, 2.75) is 13.3 Å². The van der Waals surface area contributed by atoms with Crippen LogP contribution in [-0.4, -0.2) is 70.5 Å². The van der Waals surface area contributed by atoms with E-state index in [0.717, 1.165) is 26.2 Å². The second-order valence-electron chi connectivity index (χ2n) is 6.57. The van der Waals surface area contributed by atoms with Gasteiger partial charge in [-0.25, -0.2) is 4.98 Å². The minimum Gasteiger partial charge on any atom is -0.349 e. The molecule has 2 aromatic heterocycles. The lowest BCUT2D eigenvalue weighted by Gasteiger charge is -2.32. The molecule has 0 unspecified atom stereocenters. The van der Waals surface area contributed by atoms with Crippen LogP contribution in [0.15, 0.2) is 31.0 Å². The highest BCUT2D eigenvalue weighted by molar-refractivity contribution is 5.94. The van der Waals surface area contributed by atoms with Gasteiger partial charge in [-0.15, -0.1) is 6.58 Å². The van der Waals surface area contributed by atoms with Crippen molar-refractivity contribution in [3.63, 3.8) is 0 Å². The Morgan fingerprint density at radius 3 is 2.75 bits per heavy atom. The number of anilines is 3. The van der Waals surface area contributed by atoms with Crippen LogP contribution in [-0.2, 0) is 6.42 Å². The first kappa shape index (κ1) is 19.7. The van der Waals surface area contributed by atoms with Gasteiger partial charge in [-0.1, -0.05) is 13.0 Å². The number of carbonyl (C=O) groups is 1. The number of rotatable bonds is 7. The molecule has 0 aliphatic carbocycles. The van der Waals surface area contributed by atoms with Crippen LogP contribution in [0.5, 0.6) is 0 Å². The molecule has 0 bridgehead atoms. The molecular formula is C19H26N8O. The van der Waals surface area contributed by atoms with E-state index in [0.29, 0.717) is 42.1 Å². The van der Waals surface area contributed by atoms with Crippen LogP contribution >= 0.6 is 0 Å². The average molecular weight is 382 g/mol. The van der Waals surface area contributed by atoms with Crippen LogP contribution < -0.4 is 15.5 Å². The molecule has 3 heterocycles. The van der Waals surface area contributed by atoms with E-state index in [1.807, 2.05) is 6.92 Å². The number of carbonyl (C=O) groups excluding carboxylic acids is 1. The first-order valence-electron chi connectivity index (χ1n) is 9.39. The van der Waals surface area contributed by atoms with E-state index in [9.17, 15) is 4.79 Å². The van der Waals surface area contributed by atoms with Gasteiger partial charge < -0.3 is 20.4 Å². The lowest BCUT2D eigenvalue weighted by atomic mass is 10.2. The normalized spacial score (nSPS) is 14.6. The smallest absolute Gasteiger partial charge is 0.251 e. The first-order chi connectivity index (χ1) is 13.6. The molecule has 0 aromatic carbocycles. The molecular weight excluding hydrogens is 356 g/mol. The van der Waals surface area contributed by atoms with Gasteiger partial charge in [0.1, 0.15) is 11.6 Å². The van der Waals surface area contributed by atoms with Crippen molar-refractivity contribution in [3.8, 4) is 0 Å². The van der Waals surface area contributed by atoms with Crippen molar-refractivity contribution in [1.82, 2.24) is 30.2 Å². The predicted octanol–water partition coefficient (Wildman–Crippen LogP) is 1.24. The van der Waals surface area contributed by atoms with E-state index in [2.05, 4.69) is 54.0 Å². The Morgan fingerprint density at radius 1 is 1.25 bits per heavy atom. The summed E-state index contributed by atoms with van der Waals surface area (Å²) in [5, 5.41) is 5.86. The van der Waals surface area contributed by atoms with E-state index in [4.69, 9.17) is 0 Å². The third-order valence-corrected chi connectivity index (χ3v) is 4.44. The summed E-state index contributed by atoms with van der Waals surface area (Å²) in [7, 11) is 2.11. The molecule has 1 aliphatic rings. The fraction of sp³-hybridized carbons (Fsp3) is 0.421. The Kier molecular flexibility index (Phi) is 6.49. The molecule has 28 heavy (non-hydrogen) atoms. The summed E-state index contributed by atoms with van der Waals surface area (Å²) in [4.78, 5) is 34.4. The third-order valence-electron chi connectivity index (χ3n) is 4.44. The van der Waals surface area contributed by atoms with Crippen molar-refractivity contribution >= 4 is 23.6 Å². The fourth-order valence-electron chi connectivity index (χ4n) is 2.79. The second kappa shape index (κ2) is 9.23. The van der Waals surface area contributed by atoms with Crippen molar-refractivity contribution in [2.75, 3.05) is 50.0 Å². The number of nitrogens with one attached hydrogen (secondary N) is 2. The van der Waals surface area contributed by atoms with Crippen LogP contribution in [0.25, 0.3) is 0 Å². The zero-order valence-electron chi connectivity index (χ0n) is 16.4. The topological polar surface area (TPSA) is 99.2 Å². The Hall–Kier alpha value is -3.07. The highest BCUT2D eigenvalue weighted by Crippen LogP contribution is 2.17. The highest BCUT2D eigenvalue weighted by atomic mass is 16.1. The van der Waals surface area contributed by atoms with Crippen molar-refractivity contribution in [3.05, 3.63) is 42.4 Å². The minimum atomic E-state index is -0.187. The maximum atomic E-state index is 12.1. The molecule has 9 nitrogen and oxygen atoms in total. The Morgan fingerprint density at radius 2 is 2.04 bits per heavy atom. The largest absolute Gasteiger partial charge is 0.349 e. The van der Waals surface area contributed by atoms with E-state index in [1.54, 1.807) is 24.4 Å². The van der Waals surface area contributed by atoms with Gasteiger partial charge >= 0.3 is 0 Å². The third kappa shape index (κ3) is 5.01. The van der Waals surface area contributed by atoms with Crippen LogP contribution in [0.4, 0.5) is 17.7 Å². The number of piperazine rings is 1. The number of likely N-dealkylation sites (N-methyl/N-ethyl adjacent to an activating group) is 1. The van der Waals surface area contributed by atoms with E-state index < -0.39 is 0 Å². The van der Waals surface area contributed by atoms with Gasteiger partial charge in [0, 0.05) is 50.9 Å². The zero-order valence-corrected chi connectivity index (χ0v) is 16.4. The molecule has 0 spiro atoms. The zero-order chi connectivity index (χ0) is 19.9. The van der Waals surface area contributed by atoms with Gasteiger partial charge in [0.25, 0.3) is 5.91 Å². The van der Waals surface area contributed by atoms with Gasteiger partial charge in [0.2, 0.25) is 11.9 Å². The molecule has 1 fully saturated rings. The van der Waals surface area contributed by atoms with E-state index in [-0.39, 0.29) is 5.91 Å². The molecule has 3 rings (SSSR count). The summed E-state index contributed by atoms with van der Waals surface area (Å²) in [5.74, 6) is 2.13. The van der Waals surface area contributed by atoms with Crippen LogP contribution in [0.1, 0.15) is 23.1 Å². The number of aryl methyl sites for hydroxylation is 1. The standard InChI is InChI=1S/C19H26N8O/c1-4-7-21-17(28)14-6-8-20-16(13-14)23-18-22-15(5-2)24-19(25-18)27-11-9-26(3)10-12-27/h4,6,8,13H,1,5,7,9-12H2,2-3H3,(H,21,28)(H,20,22,23,24,25). The lowest BCUT2D eigenvalue weighted by molar-refractivity contribution is 0.0958. The molecule has 148 valence electrons. The predicted molar refractivity (Wildman–Crippen MR) is 109 cm³/mol. The quantitative estimate of drug-likeness (QED) is 0.690. The summed E-state index contributed by atoms with van der Waals surface area (Å²) >= 11 is 0. The Bertz CT molecular complexity index is 832. The maximum absolute atomic E-state index is 12.1. The molecule has 2 N–H and O–H groups in total. The fourth-order valence-corrected chi connectivity index (χ4v) is 2.79. The number of nitrogens with zero attached hydrogens (tertiary/aromatic N) is 6. The number of hydrogen-bond donors (Lipinski definition) is 2. The average Bonchev–Trinajstić information content (AvgIpc) is 2.72. The van der Waals surface area contributed by atoms with Crippen molar-refractivity contribution in [2.24, 2.45) is 0 Å².